The number of aromatic nitrogens is 2. The van der Waals surface area contributed by atoms with Crippen molar-refractivity contribution in [2.45, 2.75) is 20.8 Å². The van der Waals surface area contributed by atoms with Gasteiger partial charge in [-0.1, -0.05) is 32.0 Å². The Labute approximate surface area is 125 Å². The van der Waals surface area contributed by atoms with E-state index in [1.54, 1.807) is 6.07 Å². The maximum absolute atomic E-state index is 11.6. The summed E-state index contributed by atoms with van der Waals surface area (Å²) < 4.78 is 0. The van der Waals surface area contributed by atoms with Gasteiger partial charge in [0.05, 0.1) is 0 Å². The number of rotatable bonds is 5. The summed E-state index contributed by atoms with van der Waals surface area (Å²) in [6.07, 6.45) is 0. The van der Waals surface area contributed by atoms with E-state index in [1.807, 2.05) is 50.2 Å². The van der Waals surface area contributed by atoms with Gasteiger partial charge >= 0.3 is 0 Å². The Kier molecular flexibility index (Phi) is 4.87. The normalized spacial score (nSPS) is 10.5. The molecule has 0 aliphatic rings. The predicted octanol–water partition coefficient (Wildman–Crippen LogP) is 3.23. The van der Waals surface area contributed by atoms with Crippen molar-refractivity contribution in [2.24, 2.45) is 5.92 Å². The molecule has 0 unspecified atom stereocenters. The molecule has 0 fully saturated rings. The molecule has 1 N–H and O–H groups in total. The third kappa shape index (κ3) is 3.78. The zero-order valence-electron chi connectivity index (χ0n) is 12.6. The molecule has 1 amide bonds. The van der Waals surface area contributed by atoms with Crippen LogP contribution in [0.15, 0.2) is 42.5 Å². The first-order valence-corrected chi connectivity index (χ1v) is 7.09. The van der Waals surface area contributed by atoms with Gasteiger partial charge < -0.3 is 10.2 Å². The number of nitrogens with one attached hydrogen (secondary N) is 1. The predicted molar refractivity (Wildman–Crippen MR) is 84.6 cm³/mol. The number of amides is 1. The molecule has 0 bridgehead atoms. The Morgan fingerprint density at radius 2 is 1.86 bits per heavy atom. The summed E-state index contributed by atoms with van der Waals surface area (Å²) >= 11 is 0. The molecule has 0 saturated heterocycles. The molecule has 0 atom stereocenters. The molecule has 5 nitrogen and oxygen atoms in total. The van der Waals surface area contributed by atoms with Crippen molar-refractivity contribution in [3.8, 4) is 0 Å². The van der Waals surface area contributed by atoms with Crippen LogP contribution in [0.5, 0.6) is 0 Å². The lowest BCUT2D eigenvalue weighted by Gasteiger charge is -2.21. The van der Waals surface area contributed by atoms with Crippen molar-refractivity contribution < 1.29 is 4.79 Å². The van der Waals surface area contributed by atoms with Gasteiger partial charge in [0.15, 0.2) is 11.6 Å². The van der Waals surface area contributed by atoms with Crippen molar-refractivity contribution in [3.05, 3.63) is 42.5 Å². The van der Waals surface area contributed by atoms with Gasteiger partial charge in [0.1, 0.15) is 0 Å². The van der Waals surface area contributed by atoms with Gasteiger partial charge in [-0.15, -0.1) is 10.2 Å². The number of carbonyl (C=O) groups is 1. The minimum atomic E-state index is -0.0806. The van der Waals surface area contributed by atoms with E-state index in [1.165, 1.54) is 0 Å². The highest BCUT2D eigenvalue weighted by molar-refractivity contribution is 5.91. The highest BCUT2D eigenvalue weighted by Gasteiger charge is 2.11. The standard InChI is InChI=1S/C16H20N4O/c1-4-20(13-8-6-5-7-9-13)15-11-10-14(18-19-15)17-16(21)12(2)3/h5-12H,4H2,1-3H3,(H,17,18,21). The number of nitrogens with zero attached hydrogens (tertiary/aromatic N) is 3. The van der Waals surface area contributed by atoms with Crippen molar-refractivity contribution >= 4 is 23.2 Å². The molecule has 0 saturated carbocycles. The average Bonchev–Trinajstić information content (AvgIpc) is 2.50. The zero-order valence-corrected chi connectivity index (χ0v) is 12.6. The number of carbonyl (C=O) groups excluding carboxylic acids is 1. The maximum atomic E-state index is 11.6. The van der Waals surface area contributed by atoms with E-state index in [0.29, 0.717) is 5.82 Å². The number of para-hydroxylation sites is 1. The summed E-state index contributed by atoms with van der Waals surface area (Å²) in [4.78, 5) is 13.7. The van der Waals surface area contributed by atoms with E-state index >= 15 is 0 Å². The summed E-state index contributed by atoms with van der Waals surface area (Å²) in [5, 5.41) is 11.0. The van der Waals surface area contributed by atoms with Gasteiger partial charge in [-0.3, -0.25) is 4.79 Å². The Hall–Kier alpha value is -2.43. The van der Waals surface area contributed by atoms with Crippen LogP contribution in [0, 0.1) is 5.92 Å². The Morgan fingerprint density at radius 1 is 1.14 bits per heavy atom. The fraction of sp³-hybridized carbons (Fsp3) is 0.312. The second-order valence-corrected chi connectivity index (χ2v) is 5.00. The molecule has 0 radical (unpaired) electrons. The quantitative estimate of drug-likeness (QED) is 0.915. The Balaban J connectivity index is 2.16. The number of benzene rings is 1. The van der Waals surface area contributed by atoms with Crippen LogP contribution in [0.2, 0.25) is 0 Å². The molecule has 2 rings (SSSR count). The van der Waals surface area contributed by atoms with E-state index in [2.05, 4.69) is 27.3 Å². The van der Waals surface area contributed by atoms with Crippen molar-refractivity contribution in [2.75, 3.05) is 16.8 Å². The SMILES string of the molecule is CCN(c1ccccc1)c1ccc(NC(=O)C(C)C)nn1. The van der Waals surface area contributed by atoms with Gasteiger partial charge in [-0.2, -0.15) is 0 Å². The topological polar surface area (TPSA) is 58.1 Å². The Bertz CT molecular complexity index is 581. The minimum Gasteiger partial charge on any atom is -0.325 e. The van der Waals surface area contributed by atoms with Gasteiger partial charge in [-0.05, 0) is 31.2 Å². The van der Waals surface area contributed by atoms with Crippen molar-refractivity contribution in [3.63, 3.8) is 0 Å². The molecular weight excluding hydrogens is 264 g/mol. The third-order valence-corrected chi connectivity index (χ3v) is 3.09. The van der Waals surface area contributed by atoms with Crippen LogP contribution < -0.4 is 10.2 Å². The van der Waals surface area contributed by atoms with Crippen LogP contribution in [-0.4, -0.2) is 22.6 Å². The van der Waals surface area contributed by atoms with Crippen molar-refractivity contribution in [1.82, 2.24) is 10.2 Å². The molecular formula is C16H20N4O. The van der Waals surface area contributed by atoms with Gasteiger partial charge in [0.2, 0.25) is 5.91 Å². The largest absolute Gasteiger partial charge is 0.325 e. The number of hydrogen-bond donors (Lipinski definition) is 1. The van der Waals surface area contributed by atoms with E-state index in [-0.39, 0.29) is 11.8 Å². The molecule has 0 spiro atoms. The Morgan fingerprint density at radius 3 is 2.38 bits per heavy atom. The number of hydrogen-bond acceptors (Lipinski definition) is 4. The third-order valence-electron chi connectivity index (χ3n) is 3.09. The van der Waals surface area contributed by atoms with E-state index < -0.39 is 0 Å². The first kappa shape index (κ1) is 15.0. The van der Waals surface area contributed by atoms with Gasteiger partial charge in [0, 0.05) is 18.2 Å². The first-order chi connectivity index (χ1) is 10.1. The van der Waals surface area contributed by atoms with Gasteiger partial charge in [-0.25, -0.2) is 0 Å². The second-order valence-electron chi connectivity index (χ2n) is 5.00. The van der Waals surface area contributed by atoms with Crippen molar-refractivity contribution in [1.29, 1.82) is 0 Å². The van der Waals surface area contributed by atoms with Crippen LogP contribution in [0.3, 0.4) is 0 Å². The van der Waals surface area contributed by atoms with Crippen LogP contribution in [0.25, 0.3) is 0 Å². The fourth-order valence-electron chi connectivity index (χ4n) is 1.89. The molecule has 0 aliphatic carbocycles. The first-order valence-electron chi connectivity index (χ1n) is 7.09. The molecule has 1 aromatic carbocycles. The van der Waals surface area contributed by atoms with Crippen LogP contribution in [-0.2, 0) is 4.79 Å². The summed E-state index contributed by atoms with van der Waals surface area (Å²) in [6.45, 7) is 6.52. The fourth-order valence-corrected chi connectivity index (χ4v) is 1.89. The van der Waals surface area contributed by atoms with Crippen LogP contribution >= 0.6 is 0 Å². The zero-order chi connectivity index (χ0) is 15.2. The summed E-state index contributed by atoms with van der Waals surface area (Å²) in [7, 11) is 0. The van der Waals surface area contributed by atoms with E-state index in [0.717, 1.165) is 18.1 Å². The average molecular weight is 284 g/mol. The van der Waals surface area contributed by atoms with Crippen LogP contribution in [0.1, 0.15) is 20.8 Å². The lowest BCUT2D eigenvalue weighted by Crippen LogP contribution is -2.20. The van der Waals surface area contributed by atoms with Gasteiger partial charge in [0.25, 0.3) is 0 Å². The van der Waals surface area contributed by atoms with E-state index in [9.17, 15) is 4.79 Å². The maximum Gasteiger partial charge on any atom is 0.228 e. The molecule has 21 heavy (non-hydrogen) atoms. The molecule has 110 valence electrons. The summed E-state index contributed by atoms with van der Waals surface area (Å²) in [5.74, 6) is 1.09. The second kappa shape index (κ2) is 6.83. The molecule has 2 aromatic rings. The van der Waals surface area contributed by atoms with Crippen LogP contribution in [0.4, 0.5) is 17.3 Å². The highest BCUT2D eigenvalue weighted by atomic mass is 16.1. The highest BCUT2D eigenvalue weighted by Crippen LogP contribution is 2.22. The summed E-state index contributed by atoms with van der Waals surface area (Å²) in [5.41, 5.74) is 1.06. The molecule has 1 heterocycles. The molecule has 5 heteroatoms. The number of anilines is 3. The van der Waals surface area contributed by atoms with E-state index in [4.69, 9.17) is 0 Å². The monoisotopic (exact) mass is 284 g/mol. The molecule has 0 aliphatic heterocycles. The smallest absolute Gasteiger partial charge is 0.228 e. The summed E-state index contributed by atoms with van der Waals surface area (Å²) in [6, 6.07) is 13.6. The molecule has 1 aromatic heterocycles. The lowest BCUT2D eigenvalue weighted by atomic mass is 10.2. The minimum absolute atomic E-state index is 0.0625. The lowest BCUT2D eigenvalue weighted by molar-refractivity contribution is -0.118.